The molecule has 0 saturated carbocycles. The Hall–Kier alpha value is -3.01. The smallest absolute Gasteiger partial charge is 0.235 e. The summed E-state index contributed by atoms with van der Waals surface area (Å²) < 4.78 is 2.02. The van der Waals surface area contributed by atoms with Crippen molar-refractivity contribution in [3.05, 3.63) is 72.7 Å². The molecular formula is C21H21N4+. The summed E-state index contributed by atoms with van der Waals surface area (Å²) in [6.07, 6.45) is 5.84. The number of benzene rings is 2. The molecule has 0 amide bonds. The van der Waals surface area contributed by atoms with Crippen molar-refractivity contribution in [2.75, 3.05) is 0 Å². The Morgan fingerprint density at radius 3 is 2.56 bits per heavy atom. The molecule has 2 aromatic carbocycles. The molecule has 0 aliphatic heterocycles. The Balaban J connectivity index is 1.72. The fourth-order valence-corrected chi connectivity index (χ4v) is 2.86. The zero-order chi connectivity index (χ0) is 17.4. The van der Waals surface area contributed by atoms with Gasteiger partial charge in [0.05, 0.1) is 34.7 Å². The monoisotopic (exact) mass is 329 g/mol. The zero-order valence-electron chi connectivity index (χ0n) is 14.7. The van der Waals surface area contributed by atoms with Gasteiger partial charge in [-0.3, -0.25) is 4.98 Å². The van der Waals surface area contributed by atoms with Gasteiger partial charge in [-0.15, -0.1) is 0 Å². The van der Waals surface area contributed by atoms with Crippen LogP contribution in [0, 0.1) is 0 Å². The van der Waals surface area contributed by atoms with E-state index < -0.39 is 0 Å². The average molecular weight is 329 g/mol. The number of H-pyrrole nitrogens is 1. The van der Waals surface area contributed by atoms with Crippen molar-refractivity contribution in [2.45, 2.75) is 26.2 Å². The van der Waals surface area contributed by atoms with Crippen LogP contribution >= 0.6 is 0 Å². The van der Waals surface area contributed by atoms with Crippen molar-refractivity contribution in [1.29, 1.82) is 0 Å². The molecule has 0 aliphatic carbocycles. The van der Waals surface area contributed by atoms with E-state index in [-0.39, 0.29) is 5.41 Å². The predicted octanol–water partition coefficient (Wildman–Crippen LogP) is 4.20. The largest absolute Gasteiger partial charge is 0.252 e. The summed E-state index contributed by atoms with van der Waals surface area (Å²) in [7, 11) is 0. The summed E-state index contributed by atoms with van der Waals surface area (Å²) in [6.45, 7) is 6.67. The quantitative estimate of drug-likeness (QED) is 0.560. The summed E-state index contributed by atoms with van der Waals surface area (Å²) >= 11 is 0. The third-order valence-electron chi connectivity index (χ3n) is 4.36. The summed E-state index contributed by atoms with van der Waals surface area (Å²) in [6, 6.07) is 16.5. The molecule has 0 unspecified atom stereocenters. The molecular weight excluding hydrogens is 308 g/mol. The van der Waals surface area contributed by atoms with E-state index in [1.165, 1.54) is 5.56 Å². The highest BCUT2D eigenvalue weighted by atomic mass is 15.3. The van der Waals surface area contributed by atoms with Crippen LogP contribution in [-0.4, -0.2) is 15.1 Å². The normalized spacial score (nSPS) is 11.8. The molecule has 0 saturated heterocycles. The van der Waals surface area contributed by atoms with Crippen LogP contribution < -0.4 is 4.68 Å². The lowest BCUT2D eigenvalue weighted by atomic mass is 9.87. The van der Waals surface area contributed by atoms with Crippen molar-refractivity contribution >= 4 is 11.0 Å². The van der Waals surface area contributed by atoms with Crippen molar-refractivity contribution in [3.8, 4) is 16.9 Å². The average Bonchev–Trinajstić information content (AvgIpc) is 3.11. The summed E-state index contributed by atoms with van der Waals surface area (Å²) in [4.78, 5) is 9.21. The van der Waals surface area contributed by atoms with Gasteiger partial charge in [-0.1, -0.05) is 49.7 Å². The van der Waals surface area contributed by atoms with E-state index in [1.54, 1.807) is 0 Å². The van der Waals surface area contributed by atoms with Crippen molar-refractivity contribution in [2.24, 2.45) is 0 Å². The molecule has 0 bridgehead atoms. The molecule has 2 aromatic heterocycles. The first kappa shape index (κ1) is 15.5. The number of nitrogens with one attached hydrogen (secondary N) is 1. The highest BCUT2D eigenvalue weighted by Crippen LogP contribution is 2.23. The van der Waals surface area contributed by atoms with E-state index in [9.17, 15) is 0 Å². The molecule has 25 heavy (non-hydrogen) atoms. The second-order valence-electron chi connectivity index (χ2n) is 7.27. The number of aromatic amines is 1. The van der Waals surface area contributed by atoms with Crippen molar-refractivity contribution in [1.82, 2.24) is 15.1 Å². The van der Waals surface area contributed by atoms with Gasteiger partial charge in [0.2, 0.25) is 11.9 Å². The highest BCUT2D eigenvalue weighted by molar-refractivity contribution is 5.76. The van der Waals surface area contributed by atoms with Crippen LogP contribution in [-0.2, 0) is 5.41 Å². The van der Waals surface area contributed by atoms with E-state index in [0.717, 1.165) is 28.0 Å². The van der Waals surface area contributed by atoms with Gasteiger partial charge in [0.25, 0.3) is 0 Å². The van der Waals surface area contributed by atoms with Crippen LogP contribution in [0.15, 0.2) is 67.1 Å². The van der Waals surface area contributed by atoms with E-state index >= 15 is 0 Å². The second-order valence-corrected chi connectivity index (χ2v) is 7.27. The van der Waals surface area contributed by atoms with Gasteiger partial charge in [-0.05, 0) is 23.1 Å². The number of para-hydroxylation sites is 2. The third kappa shape index (κ3) is 3.03. The maximum atomic E-state index is 4.71. The number of fused-ring (bicyclic) bond motifs is 1. The molecule has 124 valence electrons. The van der Waals surface area contributed by atoms with Gasteiger partial charge in [0, 0.05) is 12.1 Å². The maximum Gasteiger partial charge on any atom is 0.235 e. The summed E-state index contributed by atoms with van der Waals surface area (Å²) in [5.41, 5.74) is 6.22. The van der Waals surface area contributed by atoms with E-state index in [2.05, 4.69) is 61.3 Å². The first-order valence-corrected chi connectivity index (χ1v) is 8.44. The van der Waals surface area contributed by atoms with E-state index in [4.69, 9.17) is 4.98 Å². The molecule has 0 atom stereocenters. The van der Waals surface area contributed by atoms with Crippen LogP contribution in [0.3, 0.4) is 0 Å². The number of nitrogens with zero attached hydrogens (tertiary/aromatic N) is 3. The van der Waals surface area contributed by atoms with Crippen LogP contribution in [0.1, 0.15) is 26.3 Å². The number of hydrogen-bond donors (Lipinski definition) is 1. The van der Waals surface area contributed by atoms with Gasteiger partial charge >= 0.3 is 0 Å². The molecule has 0 spiro atoms. The molecule has 4 aromatic rings. The van der Waals surface area contributed by atoms with Crippen LogP contribution in [0.25, 0.3) is 28.0 Å². The van der Waals surface area contributed by atoms with Gasteiger partial charge < -0.3 is 0 Å². The Bertz CT molecular complexity index is 1040. The topological polar surface area (TPSA) is 45.5 Å². The van der Waals surface area contributed by atoms with Crippen LogP contribution in [0.5, 0.6) is 0 Å². The lowest BCUT2D eigenvalue weighted by Gasteiger charge is -2.18. The fraction of sp³-hybridized carbons (Fsp3) is 0.190. The second kappa shape index (κ2) is 5.81. The third-order valence-corrected chi connectivity index (χ3v) is 4.36. The molecule has 4 heteroatoms. The highest BCUT2D eigenvalue weighted by Gasteiger charge is 2.18. The first-order chi connectivity index (χ1) is 12.0. The molecule has 4 nitrogen and oxygen atoms in total. The summed E-state index contributed by atoms with van der Waals surface area (Å²) in [5.74, 6) is 0. The fourth-order valence-electron chi connectivity index (χ4n) is 2.86. The van der Waals surface area contributed by atoms with Gasteiger partial charge in [-0.2, -0.15) is 5.10 Å². The van der Waals surface area contributed by atoms with Gasteiger partial charge in [0.1, 0.15) is 0 Å². The molecule has 2 heterocycles. The maximum absolute atomic E-state index is 4.71. The molecule has 4 rings (SSSR count). The molecule has 0 radical (unpaired) electrons. The number of aromatic nitrogens is 4. The SMILES string of the molecule is CC(C)(C)c1cccc(-[n+]2cc(-c3cnc4ccccc4n3)c[nH]2)c1. The zero-order valence-corrected chi connectivity index (χ0v) is 14.7. The lowest BCUT2D eigenvalue weighted by Crippen LogP contribution is -2.31. The Morgan fingerprint density at radius 2 is 1.76 bits per heavy atom. The Morgan fingerprint density at radius 1 is 0.960 bits per heavy atom. The summed E-state index contributed by atoms with van der Waals surface area (Å²) in [5, 5.41) is 3.30. The van der Waals surface area contributed by atoms with Crippen molar-refractivity contribution < 1.29 is 4.68 Å². The molecule has 1 N–H and O–H groups in total. The number of hydrogen-bond acceptors (Lipinski definition) is 2. The standard InChI is InChI=1S/C21H20N4/c1-21(2,3)16-7-6-8-17(11-16)25-14-15(12-23-25)20-13-22-18-9-4-5-10-19(18)24-20/h4-14H,1-3H3/p+1. The van der Waals surface area contributed by atoms with E-state index in [1.807, 2.05) is 41.3 Å². The minimum absolute atomic E-state index is 0.121. The van der Waals surface area contributed by atoms with Crippen molar-refractivity contribution in [3.63, 3.8) is 0 Å². The van der Waals surface area contributed by atoms with Gasteiger partial charge in [-0.25, -0.2) is 4.98 Å². The Labute approximate surface area is 147 Å². The van der Waals surface area contributed by atoms with E-state index in [0.29, 0.717) is 0 Å². The lowest BCUT2D eigenvalue weighted by molar-refractivity contribution is -0.655. The molecule has 0 aliphatic rings. The molecule has 0 fully saturated rings. The minimum Gasteiger partial charge on any atom is -0.252 e. The van der Waals surface area contributed by atoms with Gasteiger partial charge in [0.15, 0.2) is 0 Å². The first-order valence-electron chi connectivity index (χ1n) is 8.44. The Kier molecular flexibility index (Phi) is 3.61. The minimum atomic E-state index is 0.121. The van der Waals surface area contributed by atoms with Crippen LogP contribution in [0.4, 0.5) is 0 Å². The van der Waals surface area contributed by atoms with Crippen LogP contribution in [0.2, 0.25) is 0 Å². The number of rotatable bonds is 2. The predicted molar refractivity (Wildman–Crippen MR) is 99.6 cm³/mol.